The Balaban J connectivity index is 1.54. The number of rotatable bonds is 5. The number of piperidine rings is 1. The molecule has 5 heterocycles. The summed E-state index contributed by atoms with van der Waals surface area (Å²) < 4.78 is 5.44. The first-order valence-electron chi connectivity index (χ1n) is 11.4. The maximum Gasteiger partial charge on any atom is 0.263 e. The molecule has 3 saturated heterocycles. The topological polar surface area (TPSA) is 115 Å². The number of ether oxygens (including phenoxy) is 1. The predicted molar refractivity (Wildman–Crippen MR) is 122 cm³/mol. The Kier molecular flexibility index (Phi) is 6.04. The van der Waals surface area contributed by atoms with Crippen molar-refractivity contribution in [2.75, 3.05) is 61.1 Å². The molecular weight excluding hydrogens is 410 g/mol. The zero-order valence-electron chi connectivity index (χ0n) is 18.1. The van der Waals surface area contributed by atoms with Gasteiger partial charge in [-0.15, -0.1) is 0 Å². The van der Waals surface area contributed by atoms with Crippen molar-refractivity contribution >= 4 is 23.5 Å². The molecule has 0 saturated carbocycles. The lowest BCUT2D eigenvalue weighted by atomic mass is 10.1. The van der Waals surface area contributed by atoms with Crippen molar-refractivity contribution < 1.29 is 9.53 Å². The van der Waals surface area contributed by atoms with Crippen molar-refractivity contribution in [3.63, 3.8) is 0 Å². The van der Waals surface area contributed by atoms with Gasteiger partial charge in [0, 0.05) is 38.6 Å². The Hall–Kier alpha value is -2.98. The Morgan fingerprint density at radius 3 is 2.72 bits per heavy atom. The van der Waals surface area contributed by atoms with Crippen molar-refractivity contribution in [1.82, 2.24) is 20.3 Å². The van der Waals surface area contributed by atoms with E-state index in [1.54, 1.807) is 11.0 Å². The molecule has 3 N–H and O–H groups in total. The van der Waals surface area contributed by atoms with Crippen molar-refractivity contribution in [1.29, 1.82) is 0 Å². The zero-order valence-corrected chi connectivity index (χ0v) is 18.1. The van der Waals surface area contributed by atoms with E-state index in [9.17, 15) is 9.59 Å². The van der Waals surface area contributed by atoms with Crippen LogP contribution in [0.5, 0.6) is 0 Å². The van der Waals surface area contributed by atoms with Gasteiger partial charge in [-0.3, -0.25) is 19.5 Å². The van der Waals surface area contributed by atoms with Gasteiger partial charge in [-0.25, -0.2) is 4.98 Å². The second-order valence-corrected chi connectivity index (χ2v) is 8.43. The summed E-state index contributed by atoms with van der Waals surface area (Å²) in [5.74, 6) is 1.71. The first kappa shape index (κ1) is 20.9. The lowest BCUT2D eigenvalue weighted by Crippen LogP contribution is -2.40. The Bertz CT molecular complexity index is 1030. The normalized spacial score (nSPS) is 21.8. The Morgan fingerprint density at radius 1 is 1.09 bits per heavy atom. The number of carbonyl (C=O) groups excluding carboxylic acids is 1. The maximum atomic E-state index is 13.3. The van der Waals surface area contributed by atoms with Gasteiger partial charge in [0.05, 0.1) is 18.9 Å². The highest BCUT2D eigenvalue weighted by Gasteiger charge is 2.25. The number of H-pyrrole nitrogens is 1. The molecule has 0 radical (unpaired) electrons. The fourth-order valence-corrected chi connectivity index (χ4v) is 4.50. The SMILES string of the molecule is O=C1CCCN1c1cccc(-c2c(NC3CCCNC3)nc(N3CCOCC3)[nH]c2=O)n1. The minimum Gasteiger partial charge on any atom is -0.378 e. The van der Waals surface area contributed by atoms with Crippen molar-refractivity contribution in [3.8, 4) is 11.3 Å². The fraction of sp³-hybridized carbons (Fsp3) is 0.545. The standard InChI is InChI=1S/C22H29N7O3/c30-18-7-3-9-29(18)17-6-1-5-16(25-17)19-20(24-15-4-2-8-23-14-15)26-22(27-21(19)31)28-10-12-32-13-11-28/h1,5-6,15,23H,2-4,7-14H2,(H2,24,26,27,31). The van der Waals surface area contributed by atoms with E-state index in [-0.39, 0.29) is 17.5 Å². The molecule has 170 valence electrons. The first-order chi connectivity index (χ1) is 15.7. The molecule has 1 unspecified atom stereocenters. The van der Waals surface area contributed by atoms with Gasteiger partial charge in [0.1, 0.15) is 17.2 Å². The summed E-state index contributed by atoms with van der Waals surface area (Å²) >= 11 is 0. The lowest BCUT2D eigenvalue weighted by molar-refractivity contribution is -0.117. The van der Waals surface area contributed by atoms with Crippen LogP contribution >= 0.6 is 0 Å². The first-order valence-corrected chi connectivity index (χ1v) is 11.4. The zero-order chi connectivity index (χ0) is 21.9. The molecule has 10 heteroatoms. The van der Waals surface area contributed by atoms with E-state index in [4.69, 9.17) is 9.72 Å². The maximum absolute atomic E-state index is 13.3. The van der Waals surface area contributed by atoms with Crippen LogP contribution in [0.3, 0.4) is 0 Å². The highest BCUT2D eigenvalue weighted by molar-refractivity contribution is 5.94. The van der Waals surface area contributed by atoms with Gasteiger partial charge in [-0.2, -0.15) is 4.98 Å². The van der Waals surface area contributed by atoms with Gasteiger partial charge in [0.15, 0.2) is 0 Å². The number of anilines is 3. The van der Waals surface area contributed by atoms with Crippen LogP contribution in [0.25, 0.3) is 11.3 Å². The van der Waals surface area contributed by atoms with E-state index in [2.05, 4.69) is 20.6 Å². The molecule has 3 aliphatic heterocycles. The molecule has 0 bridgehead atoms. The van der Waals surface area contributed by atoms with E-state index in [1.165, 1.54) is 0 Å². The molecule has 0 aliphatic carbocycles. The predicted octanol–water partition coefficient (Wildman–Crippen LogP) is 0.959. The van der Waals surface area contributed by atoms with Crippen LogP contribution in [0.15, 0.2) is 23.0 Å². The third-order valence-corrected chi connectivity index (χ3v) is 6.20. The number of aromatic nitrogens is 3. The molecular formula is C22H29N7O3. The van der Waals surface area contributed by atoms with Crippen molar-refractivity contribution in [2.24, 2.45) is 0 Å². The van der Waals surface area contributed by atoms with Gasteiger partial charge in [0.2, 0.25) is 11.9 Å². The highest BCUT2D eigenvalue weighted by atomic mass is 16.5. The minimum absolute atomic E-state index is 0.0657. The van der Waals surface area contributed by atoms with Gasteiger partial charge < -0.3 is 20.3 Å². The molecule has 5 rings (SSSR count). The monoisotopic (exact) mass is 439 g/mol. The number of hydrogen-bond acceptors (Lipinski definition) is 8. The average molecular weight is 440 g/mol. The minimum atomic E-state index is -0.245. The van der Waals surface area contributed by atoms with Gasteiger partial charge in [-0.05, 0) is 37.9 Å². The Labute approximate surface area is 186 Å². The van der Waals surface area contributed by atoms with E-state index in [0.29, 0.717) is 68.1 Å². The second-order valence-electron chi connectivity index (χ2n) is 8.43. The second kappa shape index (κ2) is 9.25. The van der Waals surface area contributed by atoms with E-state index in [1.807, 2.05) is 17.0 Å². The summed E-state index contributed by atoms with van der Waals surface area (Å²) in [6, 6.07) is 5.63. The van der Waals surface area contributed by atoms with E-state index in [0.717, 1.165) is 32.4 Å². The number of amides is 1. The molecule has 2 aromatic heterocycles. The molecule has 0 spiro atoms. The lowest BCUT2D eigenvalue weighted by Gasteiger charge is -2.29. The average Bonchev–Trinajstić information content (AvgIpc) is 3.26. The number of carbonyl (C=O) groups is 1. The molecule has 10 nitrogen and oxygen atoms in total. The largest absolute Gasteiger partial charge is 0.378 e. The summed E-state index contributed by atoms with van der Waals surface area (Å²) in [4.78, 5) is 41.7. The van der Waals surface area contributed by atoms with Gasteiger partial charge >= 0.3 is 0 Å². The molecule has 3 aliphatic rings. The van der Waals surface area contributed by atoms with E-state index >= 15 is 0 Å². The number of morpholine rings is 1. The number of pyridine rings is 1. The molecule has 32 heavy (non-hydrogen) atoms. The molecule has 1 atom stereocenters. The van der Waals surface area contributed by atoms with Crippen LogP contribution in [0.4, 0.5) is 17.6 Å². The van der Waals surface area contributed by atoms with Crippen LogP contribution < -0.4 is 26.0 Å². The Morgan fingerprint density at radius 2 is 1.97 bits per heavy atom. The third-order valence-electron chi connectivity index (χ3n) is 6.20. The summed E-state index contributed by atoms with van der Waals surface area (Å²) in [5.41, 5.74) is 0.669. The molecule has 1 amide bonds. The highest BCUT2D eigenvalue weighted by Crippen LogP contribution is 2.27. The van der Waals surface area contributed by atoms with Crippen LogP contribution in [-0.4, -0.2) is 72.8 Å². The quantitative estimate of drug-likeness (QED) is 0.631. The smallest absolute Gasteiger partial charge is 0.263 e. The number of aromatic amines is 1. The van der Waals surface area contributed by atoms with Gasteiger partial charge in [0.25, 0.3) is 5.56 Å². The number of nitrogens with zero attached hydrogens (tertiary/aromatic N) is 4. The summed E-state index contributed by atoms with van der Waals surface area (Å²) in [6.45, 7) is 5.03. The molecule has 3 fully saturated rings. The van der Waals surface area contributed by atoms with Crippen LogP contribution in [0.1, 0.15) is 25.7 Å². The summed E-state index contributed by atoms with van der Waals surface area (Å²) in [7, 11) is 0. The van der Waals surface area contributed by atoms with Gasteiger partial charge in [-0.1, -0.05) is 6.07 Å². The van der Waals surface area contributed by atoms with Crippen LogP contribution in [-0.2, 0) is 9.53 Å². The summed E-state index contributed by atoms with van der Waals surface area (Å²) in [6.07, 6.45) is 3.42. The summed E-state index contributed by atoms with van der Waals surface area (Å²) in [5, 5.41) is 6.89. The molecule has 0 aromatic carbocycles. The number of nitrogens with one attached hydrogen (secondary N) is 3. The van der Waals surface area contributed by atoms with Crippen LogP contribution in [0.2, 0.25) is 0 Å². The third kappa shape index (κ3) is 4.33. The number of hydrogen-bond donors (Lipinski definition) is 3. The fourth-order valence-electron chi connectivity index (χ4n) is 4.50. The van der Waals surface area contributed by atoms with Crippen molar-refractivity contribution in [3.05, 3.63) is 28.6 Å². The van der Waals surface area contributed by atoms with E-state index < -0.39 is 0 Å². The molecule has 2 aromatic rings. The van der Waals surface area contributed by atoms with Crippen molar-refractivity contribution in [2.45, 2.75) is 31.7 Å². The van der Waals surface area contributed by atoms with Crippen LogP contribution in [0, 0.1) is 0 Å².